The van der Waals surface area contributed by atoms with Crippen LogP contribution in [0.4, 0.5) is 0 Å². The second-order valence-electron chi connectivity index (χ2n) is 3.16. The summed E-state index contributed by atoms with van der Waals surface area (Å²) in [6, 6.07) is 7.57. The summed E-state index contributed by atoms with van der Waals surface area (Å²) in [5.41, 5.74) is 11.2. The highest BCUT2D eigenvalue weighted by Crippen LogP contribution is 2.15. The van der Waals surface area contributed by atoms with Crippen LogP contribution in [0, 0.1) is 0 Å². The smallest absolute Gasteiger partial charge is 0.211 e. The summed E-state index contributed by atoms with van der Waals surface area (Å²) in [4.78, 5) is 0. The van der Waals surface area contributed by atoms with Gasteiger partial charge in [-0.15, -0.1) is 5.10 Å². The normalized spacial score (nSPS) is 10.3. The van der Waals surface area contributed by atoms with Crippen molar-refractivity contribution >= 4 is 12.2 Å². The summed E-state index contributed by atoms with van der Waals surface area (Å²) in [5.74, 6) is 0.710. The van der Waals surface area contributed by atoms with Gasteiger partial charge in [-0.25, -0.2) is 0 Å². The van der Waals surface area contributed by atoms with Crippen LogP contribution < -0.4 is 16.2 Å². The fraction of sp³-hybridized carbons (Fsp3) is 0.273. The van der Waals surface area contributed by atoms with Crippen molar-refractivity contribution in [3.8, 4) is 5.75 Å². The topological polar surface area (TPSA) is 86.0 Å². The van der Waals surface area contributed by atoms with Gasteiger partial charge in [0.1, 0.15) is 5.75 Å². The summed E-state index contributed by atoms with van der Waals surface area (Å²) in [6.07, 6.45) is 2.52. The van der Waals surface area contributed by atoms with Crippen LogP contribution >= 0.6 is 0 Å². The van der Waals surface area contributed by atoms with Crippen molar-refractivity contribution in [3.05, 3.63) is 29.8 Å². The summed E-state index contributed by atoms with van der Waals surface area (Å²) < 4.78 is 5.54. The van der Waals surface area contributed by atoms with Crippen molar-refractivity contribution in [3.63, 3.8) is 0 Å². The van der Waals surface area contributed by atoms with E-state index in [1.807, 2.05) is 24.3 Å². The fourth-order valence-electron chi connectivity index (χ4n) is 1.09. The lowest BCUT2D eigenvalue weighted by Crippen LogP contribution is -2.21. The summed E-state index contributed by atoms with van der Waals surface area (Å²) in [6.45, 7) is 2.73. The molecule has 0 amide bonds. The molecule has 1 aromatic carbocycles. The van der Waals surface area contributed by atoms with Crippen LogP contribution in [0.15, 0.2) is 34.5 Å². The first-order chi connectivity index (χ1) is 7.74. The molecule has 1 aromatic rings. The molecule has 0 unspecified atom stereocenters. The van der Waals surface area contributed by atoms with Gasteiger partial charge in [-0.1, -0.05) is 19.1 Å². The number of nitrogens with two attached hydrogens (primary N) is 2. The predicted molar refractivity (Wildman–Crippen MR) is 65.6 cm³/mol. The van der Waals surface area contributed by atoms with Crippen molar-refractivity contribution in [1.29, 1.82) is 0 Å². The van der Waals surface area contributed by atoms with E-state index in [2.05, 4.69) is 17.1 Å². The maximum atomic E-state index is 5.54. The van der Waals surface area contributed by atoms with E-state index in [4.69, 9.17) is 16.2 Å². The highest BCUT2D eigenvalue weighted by atomic mass is 16.5. The fourth-order valence-corrected chi connectivity index (χ4v) is 1.09. The molecule has 0 aliphatic carbocycles. The quantitative estimate of drug-likeness (QED) is 0.442. The van der Waals surface area contributed by atoms with Crippen LogP contribution in [0.1, 0.15) is 18.9 Å². The zero-order chi connectivity index (χ0) is 11.8. The Morgan fingerprint density at radius 3 is 2.81 bits per heavy atom. The molecule has 5 nitrogen and oxygen atoms in total. The second kappa shape index (κ2) is 6.44. The average molecular weight is 220 g/mol. The number of nitrogens with zero attached hydrogens (tertiary/aromatic N) is 2. The van der Waals surface area contributed by atoms with Gasteiger partial charge >= 0.3 is 0 Å². The molecule has 4 N–H and O–H groups in total. The van der Waals surface area contributed by atoms with E-state index in [-0.39, 0.29) is 5.96 Å². The summed E-state index contributed by atoms with van der Waals surface area (Å²) in [5, 5.41) is 7.27. The molecule has 0 radical (unpaired) electrons. The number of benzene rings is 1. The van der Waals surface area contributed by atoms with Gasteiger partial charge in [-0.2, -0.15) is 5.10 Å². The molecular formula is C11H16N4O. The van der Waals surface area contributed by atoms with E-state index in [1.54, 1.807) is 6.21 Å². The first-order valence-corrected chi connectivity index (χ1v) is 5.08. The van der Waals surface area contributed by atoms with Gasteiger partial charge in [0, 0.05) is 5.56 Å². The molecule has 0 bridgehead atoms. The van der Waals surface area contributed by atoms with Crippen molar-refractivity contribution in [1.82, 2.24) is 0 Å². The average Bonchev–Trinajstić information content (AvgIpc) is 2.27. The van der Waals surface area contributed by atoms with Crippen LogP contribution in [0.25, 0.3) is 0 Å². The Bertz CT molecular complexity index is 383. The van der Waals surface area contributed by atoms with E-state index in [0.29, 0.717) is 6.61 Å². The lowest BCUT2D eigenvalue weighted by Gasteiger charge is -2.06. The Hall–Kier alpha value is -2.04. The maximum absolute atomic E-state index is 5.54. The van der Waals surface area contributed by atoms with Gasteiger partial charge in [0.2, 0.25) is 5.96 Å². The van der Waals surface area contributed by atoms with Gasteiger partial charge in [0.25, 0.3) is 0 Å². The molecule has 0 atom stereocenters. The third-order valence-corrected chi connectivity index (χ3v) is 1.75. The third-order valence-electron chi connectivity index (χ3n) is 1.75. The zero-order valence-corrected chi connectivity index (χ0v) is 9.26. The first kappa shape index (κ1) is 12.0. The molecule has 0 fully saturated rings. The van der Waals surface area contributed by atoms with Crippen molar-refractivity contribution in [2.75, 3.05) is 6.61 Å². The van der Waals surface area contributed by atoms with Crippen molar-refractivity contribution in [2.24, 2.45) is 21.7 Å². The molecule has 0 saturated heterocycles. The van der Waals surface area contributed by atoms with Gasteiger partial charge in [-0.3, -0.25) is 0 Å². The lowest BCUT2D eigenvalue weighted by molar-refractivity contribution is 0.317. The maximum Gasteiger partial charge on any atom is 0.211 e. The van der Waals surface area contributed by atoms with Crippen LogP contribution in [0.2, 0.25) is 0 Å². The molecule has 5 heteroatoms. The minimum atomic E-state index is -0.0665. The van der Waals surface area contributed by atoms with Gasteiger partial charge < -0.3 is 16.2 Å². The van der Waals surface area contributed by atoms with E-state index in [0.717, 1.165) is 17.7 Å². The lowest BCUT2D eigenvalue weighted by atomic mass is 10.2. The SMILES string of the molecule is CCCOc1ccccc1/C=N\N=C(N)N. The van der Waals surface area contributed by atoms with Crippen molar-refractivity contribution < 1.29 is 4.74 Å². The van der Waals surface area contributed by atoms with E-state index in [1.165, 1.54) is 0 Å². The molecule has 0 aliphatic heterocycles. The zero-order valence-electron chi connectivity index (χ0n) is 9.26. The molecule has 1 rings (SSSR count). The number of ether oxygens (including phenoxy) is 1. The predicted octanol–water partition coefficient (Wildman–Crippen LogP) is 1.08. The number of rotatable bonds is 5. The van der Waals surface area contributed by atoms with E-state index < -0.39 is 0 Å². The summed E-state index contributed by atoms with van der Waals surface area (Å²) in [7, 11) is 0. The summed E-state index contributed by atoms with van der Waals surface area (Å²) >= 11 is 0. The Morgan fingerprint density at radius 1 is 1.38 bits per heavy atom. The Balaban J connectivity index is 2.78. The minimum absolute atomic E-state index is 0.0665. The van der Waals surface area contributed by atoms with Crippen LogP contribution in [0.5, 0.6) is 5.75 Å². The third kappa shape index (κ3) is 4.00. The minimum Gasteiger partial charge on any atom is -0.493 e. The van der Waals surface area contributed by atoms with E-state index in [9.17, 15) is 0 Å². The Labute approximate surface area is 94.8 Å². The molecule has 0 aliphatic rings. The van der Waals surface area contributed by atoms with Crippen molar-refractivity contribution in [2.45, 2.75) is 13.3 Å². The molecule has 86 valence electrons. The largest absolute Gasteiger partial charge is 0.493 e. The van der Waals surface area contributed by atoms with Crippen LogP contribution in [-0.4, -0.2) is 18.8 Å². The van der Waals surface area contributed by atoms with Crippen LogP contribution in [-0.2, 0) is 0 Å². The monoisotopic (exact) mass is 220 g/mol. The molecule has 0 spiro atoms. The molecular weight excluding hydrogens is 204 g/mol. The molecule has 0 heterocycles. The first-order valence-electron chi connectivity index (χ1n) is 5.08. The van der Waals surface area contributed by atoms with Gasteiger partial charge in [0.15, 0.2) is 0 Å². The molecule has 0 saturated carbocycles. The van der Waals surface area contributed by atoms with Gasteiger partial charge in [0.05, 0.1) is 12.8 Å². The highest BCUT2D eigenvalue weighted by molar-refractivity contribution is 5.84. The van der Waals surface area contributed by atoms with E-state index >= 15 is 0 Å². The number of hydrogen-bond acceptors (Lipinski definition) is 3. The Kier molecular flexibility index (Phi) is 4.85. The van der Waals surface area contributed by atoms with Crippen LogP contribution in [0.3, 0.4) is 0 Å². The second-order valence-corrected chi connectivity index (χ2v) is 3.16. The molecule has 0 aromatic heterocycles. The standard InChI is InChI=1S/C11H16N4O/c1-2-7-16-10-6-4-3-5-9(10)8-14-15-11(12)13/h3-6,8H,2,7H2,1H3,(H4,12,13,15)/b14-8-. The molecule has 16 heavy (non-hydrogen) atoms. The number of hydrogen-bond donors (Lipinski definition) is 2. The Morgan fingerprint density at radius 2 is 2.12 bits per heavy atom. The number of guanidine groups is 1. The number of para-hydroxylation sites is 1. The van der Waals surface area contributed by atoms with Gasteiger partial charge in [-0.05, 0) is 18.6 Å². The highest BCUT2D eigenvalue weighted by Gasteiger charge is 1.98.